The number of hydrogen-bond acceptors (Lipinski definition) is 4. The molecule has 0 unspecified atom stereocenters. The van der Waals surface area contributed by atoms with Crippen molar-refractivity contribution in [3.8, 4) is 11.1 Å². The van der Waals surface area contributed by atoms with Gasteiger partial charge in [-0.3, -0.25) is 9.36 Å². The highest BCUT2D eigenvalue weighted by molar-refractivity contribution is 5.63. The quantitative estimate of drug-likeness (QED) is 0.715. The average molecular weight is 254 g/mol. The number of hydrogen-bond donors (Lipinski definition) is 1. The number of rotatable bonds is 3. The smallest absolute Gasteiger partial charge is 0.104 e. The first-order valence-electron chi connectivity index (χ1n) is 5.94. The van der Waals surface area contributed by atoms with Crippen LogP contribution in [0.25, 0.3) is 11.1 Å². The Bertz CT molecular complexity index is 679. The molecule has 0 fully saturated rings. The lowest BCUT2D eigenvalue weighted by molar-refractivity contribution is 0.667. The second kappa shape index (κ2) is 4.56. The Balaban J connectivity index is 1.81. The number of aryl methyl sites for hydroxylation is 1. The molecular formula is C13H14N6. The first kappa shape index (κ1) is 11.5. The summed E-state index contributed by atoms with van der Waals surface area (Å²) in [7, 11) is 1.85. The molecule has 1 aromatic carbocycles. The van der Waals surface area contributed by atoms with Gasteiger partial charge in [-0.05, 0) is 17.7 Å². The molecule has 96 valence electrons. The molecule has 0 saturated carbocycles. The van der Waals surface area contributed by atoms with Crippen LogP contribution in [-0.4, -0.2) is 24.8 Å². The molecule has 6 nitrogen and oxygen atoms in total. The zero-order chi connectivity index (χ0) is 13.2. The van der Waals surface area contributed by atoms with Gasteiger partial charge in [-0.2, -0.15) is 5.10 Å². The number of benzene rings is 1. The molecule has 0 bridgehead atoms. The van der Waals surface area contributed by atoms with Gasteiger partial charge in [0.25, 0.3) is 0 Å². The summed E-state index contributed by atoms with van der Waals surface area (Å²) in [5.74, 6) is 0. The van der Waals surface area contributed by atoms with Crippen LogP contribution >= 0.6 is 0 Å². The van der Waals surface area contributed by atoms with E-state index in [0.29, 0.717) is 6.54 Å². The van der Waals surface area contributed by atoms with Gasteiger partial charge in [-0.15, -0.1) is 5.10 Å². The molecule has 19 heavy (non-hydrogen) atoms. The minimum atomic E-state index is 0.614. The van der Waals surface area contributed by atoms with E-state index in [1.807, 2.05) is 54.6 Å². The first-order chi connectivity index (χ1) is 9.20. The maximum Gasteiger partial charge on any atom is 0.104 e. The second-order valence-corrected chi connectivity index (χ2v) is 4.43. The monoisotopic (exact) mass is 254 g/mol. The van der Waals surface area contributed by atoms with Gasteiger partial charge in [0.2, 0.25) is 0 Å². The first-order valence-corrected chi connectivity index (χ1v) is 5.94. The third kappa shape index (κ3) is 2.47. The summed E-state index contributed by atoms with van der Waals surface area (Å²) in [5.41, 5.74) is 9.48. The zero-order valence-corrected chi connectivity index (χ0v) is 10.6. The minimum absolute atomic E-state index is 0.614. The standard InChI is InChI=1S/C13H14N6/c1-18-8-13(16-17-18)9-19-7-11(6-15-19)10-2-4-12(14)5-3-10/h2-8H,9,14H2,1H3. The van der Waals surface area contributed by atoms with Crippen LogP contribution in [-0.2, 0) is 13.6 Å². The Labute approximate surface area is 110 Å². The van der Waals surface area contributed by atoms with Gasteiger partial charge >= 0.3 is 0 Å². The van der Waals surface area contributed by atoms with Gasteiger partial charge in [-0.25, -0.2) is 0 Å². The Morgan fingerprint density at radius 3 is 2.58 bits per heavy atom. The van der Waals surface area contributed by atoms with Crippen molar-refractivity contribution in [2.24, 2.45) is 7.05 Å². The molecule has 2 aromatic heterocycles. The highest BCUT2D eigenvalue weighted by Crippen LogP contribution is 2.19. The fourth-order valence-corrected chi connectivity index (χ4v) is 1.91. The van der Waals surface area contributed by atoms with Crippen molar-refractivity contribution in [1.82, 2.24) is 24.8 Å². The number of aromatic nitrogens is 5. The van der Waals surface area contributed by atoms with E-state index in [1.54, 1.807) is 4.68 Å². The molecule has 2 heterocycles. The van der Waals surface area contributed by atoms with Crippen molar-refractivity contribution in [2.75, 3.05) is 5.73 Å². The van der Waals surface area contributed by atoms with E-state index in [1.165, 1.54) is 0 Å². The van der Waals surface area contributed by atoms with Crippen molar-refractivity contribution >= 4 is 5.69 Å². The molecule has 6 heteroatoms. The fourth-order valence-electron chi connectivity index (χ4n) is 1.91. The van der Waals surface area contributed by atoms with Crippen molar-refractivity contribution < 1.29 is 0 Å². The van der Waals surface area contributed by atoms with E-state index in [0.717, 1.165) is 22.5 Å². The van der Waals surface area contributed by atoms with Crippen molar-refractivity contribution in [2.45, 2.75) is 6.54 Å². The molecule has 0 aliphatic heterocycles. The van der Waals surface area contributed by atoms with Crippen LogP contribution in [0, 0.1) is 0 Å². The summed E-state index contributed by atoms with van der Waals surface area (Å²) in [6.07, 6.45) is 5.70. The van der Waals surface area contributed by atoms with Gasteiger partial charge in [0.15, 0.2) is 0 Å². The predicted octanol–water partition coefficient (Wildman–Crippen LogP) is 1.31. The topological polar surface area (TPSA) is 74.5 Å². The summed E-state index contributed by atoms with van der Waals surface area (Å²) >= 11 is 0. The molecule has 3 rings (SSSR count). The normalized spacial score (nSPS) is 10.8. The van der Waals surface area contributed by atoms with Gasteiger partial charge < -0.3 is 5.73 Å². The third-order valence-electron chi connectivity index (χ3n) is 2.85. The molecule has 0 amide bonds. The molecule has 0 aliphatic rings. The average Bonchev–Trinajstić information content (AvgIpc) is 3.00. The third-order valence-corrected chi connectivity index (χ3v) is 2.85. The van der Waals surface area contributed by atoms with Gasteiger partial charge in [0.05, 0.1) is 12.7 Å². The highest BCUT2D eigenvalue weighted by atomic mass is 15.4. The Kier molecular flexibility index (Phi) is 2.75. The number of nitrogens with zero attached hydrogens (tertiary/aromatic N) is 5. The van der Waals surface area contributed by atoms with E-state index < -0.39 is 0 Å². The lowest BCUT2D eigenvalue weighted by atomic mass is 10.1. The second-order valence-electron chi connectivity index (χ2n) is 4.43. The Morgan fingerprint density at radius 2 is 1.89 bits per heavy atom. The summed E-state index contributed by atoms with van der Waals surface area (Å²) in [5, 5.41) is 12.3. The number of anilines is 1. The molecule has 0 saturated heterocycles. The summed E-state index contributed by atoms with van der Waals surface area (Å²) in [4.78, 5) is 0. The largest absolute Gasteiger partial charge is 0.399 e. The van der Waals surface area contributed by atoms with Crippen LogP contribution in [0.4, 0.5) is 5.69 Å². The molecule has 0 spiro atoms. The van der Waals surface area contributed by atoms with Crippen LogP contribution < -0.4 is 5.73 Å². The number of nitrogen functional groups attached to an aromatic ring is 1. The lowest BCUT2D eigenvalue weighted by Gasteiger charge is -1.98. The van der Waals surface area contributed by atoms with E-state index >= 15 is 0 Å². The van der Waals surface area contributed by atoms with E-state index in [9.17, 15) is 0 Å². The summed E-state index contributed by atoms with van der Waals surface area (Å²) < 4.78 is 3.52. The van der Waals surface area contributed by atoms with Crippen molar-refractivity contribution in [3.05, 3.63) is 48.5 Å². The molecule has 0 aliphatic carbocycles. The van der Waals surface area contributed by atoms with Crippen LogP contribution in [0.1, 0.15) is 5.69 Å². The van der Waals surface area contributed by atoms with Crippen molar-refractivity contribution in [3.63, 3.8) is 0 Å². The van der Waals surface area contributed by atoms with Gasteiger partial charge in [0, 0.05) is 30.7 Å². The van der Waals surface area contributed by atoms with Crippen molar-refractivity contribution in [1.29, 1.82) is 0 Å². The van der Waals surface area contributed by atoms with Gasteiger partial charge in [-0.1, -0.05) is 17.3 Å². The zero-order valence-electron chi connectivity index (χ0n) is 10.6. The SMILES string of the molecule is Cn1cc(Cn2cc(-c3ccc(N)cc3)cn2)nn1. The van der Waals surface area contributed by atoms with Crippen LogP contribution in [0.2, 0.25) is 0 Å². The van der Waals surface area contributed by atoms with E-state index in [4.69, 9.17) is 5.73 Å². The molecule has 3 aromatic rings. The van der Waals surface area contributed by atoms with Gasteiger partial charge in [0.1, 0.15) is 5.69 Å². The van der Waals surface area contributed by atoms with E-state index in [2.05, 4.69) is 15.4 Å². The highest BCUT2D eigenvalue weighted by Gasteiger charge is 2.04. The number of nitrogens with two attached hydrogens (primary N) is 1. The van der Waals surface area contributed by atoms with Crippen LogP contribution in [0.3, 0.4) is 0 Å². The Hall–Kier alpha value is -2.63. The maximum atomic E-state index is 5.68. The molecule has 2 N–H and O–H groups in total. The summed E-state index contributed by atoms with van der Waals surface area (Å²) in [6, 6.07) is 7.74. The predicted molar refractivity (Wildman–Crippen MR) is 72.2 cm³/mol. The molecule has 0 radical (unpaired) electrons. The van der Waals surface area contributed by atoms with Crippen LogP contribution in [0.15, 0.2) is 42.9 Å². The van der Waals surface area contributed by atoms with Crippen LogP contribution in [0.5, 0.6) is 0 Å². The maximum absolute atomic E-state index is 5.68. The molecular weight excluding hydrogens is 240 g/mol. The van der Waals surface area contributed by atoms with E-state index in [-0.39, 0.29) is 0 Å². The molecule has 0 atom stereocenters. The lowest BCUT2D eigenvalue weighted by Crippen LogP contribution is -1.99. The summed E-state index contributed by atoms with van der Waals surface area (Å²) in [6.45, 7) is 0.614. The minimum Gasteiger partial charge on any atom is -0.399 e. The fraction of sp³-hybridized carbons (Fsp3) is 0.154. The Morgan fingerprint density at radius 1 is 1.11 bits per heavy atom.